The average Bonchev–Trinajstić information content (AvgIpc) is 3.17. The van der Waals surface area contributed by atoms with Crippen molar-refractivity contribution in [1.29, 1.82) is 0 Å². The highest BCUT2D eigenvalue weighted by molar-refractivity contribution is 5.97. The SMILES string of the molecule is Cn1cc(N2C(=O)C[C@@H]3[C@@H]2CCN3CC2CCOCC2)cn1. The van der Waals surface area contributed by atoms with E-state index in [0.29, 0.717) is 18.5 Å². The summed E-state index contributed by atoms with van der Waals surface area (Å²) in [5.74, 6) is 0.981. The molecule has 0 saturated carbocycles. The van der Waals surface area contributed by atoms with Crippen molar-refractivity contribution in [2.45, 2.75) is 37.8 Å². The zero-order valence-electron chi connectivity index (χ0n) is 13.1. The third kappa shape index (κ3) is 2.44. The van der Waals surface area contributed by atoms with Gasteiger partial charge in [0.05, 0.1) is 17.9 Å². The van der Waals surface area contributed by atoms with Crippen molar-refractivity contribution < 1.29 is 9.53 Å². The van der Waals surface area contributed by atoms with E-state index < -0.39 is 0 Å². The van der Waals surface area contributed by atoms with Crippen LogP contribution in [0.2, 0.25) is 0 Å². The van der Waals surface area contributed by atoms with Gasteiger partial charge in [0.15, 0.2) is 0 Å². The molecule has 0 spiro atoms. The number of carbonyl (C=O) groups is 1. The summed E-state index contributed by atoms with van der Waals surface area (Å²) in [7, 11) is 1.90. The maximum absolute atomic E-state index is 12.5. The summed E-state index contributed by atoms with van der Waals surface area (Å²) >= 11 is 0. The van der Waals surface area contributed by atoms with Crippen LogP contribution in [0.15, 0.2) is 12.4 Å². The second-order valence-electron chi connectivity index (χ2n) is 6.81. The van der Waals surface area contributed by atoms with Crippen LogP contribution in [0.5, 0.6) is 0 Å². The number of rotatable bonds is 3. The van der Waals surface area contributed by atoms with Gasteiger partial charge in [0.25, 0.3) is 0 Å². The lowest BCUT2D eigenvalue weighted by molar-refractivity contribution is -0.117. The molecule has 4 heterocycles. The van der Waals surface area contributed by atoms with E-state index in [1.54, 1.807) is 10.9 Å². The number of hydrogen-bond donors (Lipinski definition) is 0. The quantitative estimate of drug-likeness (QED) is 0.837. The first kappa shape index (κ1) is 14.2. The van der Waals surface area contributed by atoms with E-state index in [0.717, 1.165) is 57.2 Å². The van der Waals surface area contributed by atoms with Crippen molar-refractivity contribution in [2.75, 3.05) is 31.2 Å². The number of carbonyl (C=O) groups excluding carboxylic acids is 1. The number of likely N-dealkylation sites (tertiary alicyclic amines) is 1. The Morgan fingerprint density at radius 2 is 2.09 bits per heavy atom. The third-order valence-electron chi connectivity index (χ3n) is 5.41. The van der Waals surface area contributed by atoms with Crippen LogP contribution in [0.25, 0.3) is 0 Å². The molecular formula is C16H24N4O2. The van der Waals surface area contributed by atoms with E-state index in [-0.39, 0.29) is 5.91 Å². The molecule has 120 valence electrons. The van der Waals surface area contributed by atoms with Crippen LogP contribution in [-0.4, -0.2) is 59.0 Å². The van der Waals surface area contributed by atoms with Gasteiger partial charge in [0, 0.05) is 52.0 Å². The van der Waals surface area contributed by atoms with Crippen molar-refractivity contribution >= 4 is 11.6 Å². The number of aryl methyl sites for hydroxylation is 1. The number of amides is 1. The smallest absolute Gasteiger partial charge is 0.229 e. The highest BCUT2D eigenvalue weighted by Crippen LogP contribution is 2.36. The van der Waals surface area contributed by atoms with Crippen LogP contribution in [0.1, 0.15) is 25.7 Å². The molecule has 3 aliphatic heterocycles. The maximum Gasteiger partial charge on any atom is 0.229 e. The molecule has 0 aliphatic carbocycles. The molecule has 6 nitrogen and oxygen atoms in total. The Balaban J connectivity index is 1.46. The normalized spacial score (nSPS) is 30.2. The van der Waals surface area contributed by atoms with Crippen LogP contribution in [-0.2, 0) is 16.6 Å². The number of fused-ring (bicyclic) bond motifs is 1. The Kier molecular flexibility index (Phi) is 3.66. The van der Waals surface area contributed by atoms with Crippen LogP contribution < -0.4 is 4.90 Å². The van der Waals surface area contributed by atoms with Gasteiger partial charge in [-0.05, 0) is 25.2 Å². The Bertz CT molecular complexity index is 552. The van der Waals surface area contributed by atoms with Gasteiger partial charge in [-0.2, -0.15) is 5.10 Å². The zero-order valence-corrected chi connectivity index (χ0v) is 13.1. The van der Waals surface area contributed by atoms with Gasteiger partial charge in [-0.3, -0.25) is 14.4 Å². The van der Waals surface area contributed by atoms with E-state index in [4.69, 9.17) is 4.74 Å². The number of anilines is 1. The first-order chi connectivity index (χ1) is 10.7. The van der Waals surface area contributed by atoms with Crippen LogP contribution in [0.3, 0.4) is 0 Å². The monoisotopic (exact) mass is 304 g/mol. The van der Waals surface area contributed by atoms with E-state index in [9.17, 15) is 4.79 Å². The lowest BCUT2D eigenvalue weighted by atomic mass is 9.99. The first-order valence-corrected chi connectivity index (χ1v) is 8.35. The standard InChI is InChI=1S/C16H24N4O2/c1-18-11-13(9-17-18)20-14-2-5-19(15(14)8-16(20)21)10-12-3-6-22-7-4-12/h9,11-12,14-15H,2-8,10H2,1H3/t14-,15+/m0/s1. The molecule has 3 aliphatic rings. The summed E-state index contributed by atoms with van der Waals surface area (Å²) in [6.45, 7) is 4.02. The molecule has 3 fully saturated rings. The van der Waals surface area contributed by atoms with E-state index in [1.165, 1.54) is 0 Å². The molecule has 0 unspecified atom stereocenters. The fourth-order valence-electron chi connectivity index (χ4n) is 4.28. The number of nitrogens with zero attached hydrogens (tertiary/aromatic N) is 4. The molecule has 1 aromatic rings. The summed E-state index contributed by atoms with van der Waals surface area (Å²) in [6, 6.07) is 0.715. The minimum atomic E-state index is 0.250. The highest BCUT2D eigenvalue weighted by atomic mass is 16.5. The first-order valence-electron chi connectivity index (χ1n) is 8.35. The summed E-state index contributed by atoms with van der Waals surface area (Å²) in [6.07, 6.45) is 7.81. The predicted molar refractivity (Wildman–Crippen MR) is 82.6 cm³/mol. The van der Waals surface area contributed by atoms with Gasteiger partial charge >= 0.3 is 0 Å². The van der Waals surface area contributed by atoms with Gasteiger partial charge in [0.1, 0.15) is 0 Å². The van der Waals surface area contributed by atoms with Gasteiger partial charge < -0.3 is 9.64 Å². The van der Waals surface area contributed by atoms with Crippen molar-refractivity contribution in [3.8, 4) is 0 Å². The van der Waals surface area contributed by atoms with Gasteiger partial charge in [-0.1, -0.05) is 0 Å². The topological polar surface area (TPSA) is 50.6 Å². The maximum atomic E-state index is 12.5. The summed E-state index contributed by atoms with van der Waals surface area (Å²) in [5.41, 5.74) is 0.952. The minimum Gasteiger partial charge on any atom is -0.381 e. The highest BCUT2D eigenvalue weighted by Gasteiger charge is 2.47. The molecule has 3 saturated heterocycles. The second-order valence-corrected chi connectivity index (χ2v) is 6.81. The van der Waals surface area contributed by atoms with E-state index in [2.05, 4.69) is 10.00 Å². The molecule has 0 N–H and O–H groups in total. The van der Waals surface area contributed by atoms with Crippen molar-refractivity contribution in [3.05, 3.63) is 12.4 Å². The summed E-state index contributed by atoms with van der Waals surface area (Å²) in [5, 5.41) is 4.22. The Morgan fingerprint density at radius 1 is 1.27 bits per heavy atom. The van der Waals surface area contributed by atoms with Crippen LogP contribution in [0.4, 0.5) is 5.69 Å². The molecular weight excluding hydrogens is 280 g/mol. The fraction of sp³-hybridized carbons (Fsp3) is 0.750. The van der Waals surface area contributed by atoms with Crippen molar-refractivity contribution in [2.24, 2.45) is 13.0 Å². The molecule has 2 atom stereocenters. The lowest BCUT2D eigenvalue weighted by Crippen LogP contribution is -2.39. The molecule has 6 heteroatoms. The van der Waals surface area contributed by atoms with Crippen LogP contribution >= 0.6 is 0 Å². The molecule has 4 rings (SSSR count). The Labute approximate surface area is 131 Å². The van der Waals surface area contributed by atoms with Gasteiger partial charge in [-0.15, -0.1) is 0 Å². The number of ether oxygens (including phenoxy) is 1. The second kappa shape index (κ2) is 5.66. The minimum absolute atomic E-state index is 0.250. The van der Waals surface area contributed by atoms with Gasteiger partial charge in [-0.25, -0.2) is 0 Å². The molecule has 1 aromatic heterocycles. The van der Waals surface area contributed by atoms with Crippen molar-refractivity contribution in [3.63, 3.8) is 0 Å². The molecule has 0 radical (unpaired) electrons. The predicted octanol–water partition coefficient (Wildman–Crippen LogP) is 1.03. The number of hydrogen-bond acceptors (Lipinski definition) is 4. The Morgan fingerprint density at radius 3 is 2.82 bits per heavy atom. The molecule has 1 amide bonds. The molecule has 22 heavy (non-hydrogen) atoms. The molecule has 0 aromatic carbocycles. The summed E-state index contributed by atoms with van der Waals surface area (Å²) in [4.78, 5) is 17.0. The molecule has 0 bridgehead atoms. The largest absolute Gasteiger partial charge is 0.381 e. The third-order valence-corrected chi connectivity index (χ3v) is 5.41. The lowest BCUT2D eigenvalue weighted by Gasteiger charge is -2.30. The number of aromatic nitrogens is 2. The van der Waals surface area contributed by atoms with Crippen molar-refractivity contribution in [1.82, 2.24) is 14.7 Å². The zero-order chi connectivity index (χ0) is 15.1. The van der Waals surface area contributed by atoms with E-state index in [1.807, 2.05) is 18.1 Å². The van der Waals surface area contributed by atoms with Crippen LogP contribution in [0, 0.1) is 5.92 Å². The van der Waals surface area contributed by atoms with E-state index >= 15 is 0 Å². The fourth-order valence-corrected chi connectivity index (χ4v) is 4.28. The average molecular weight is 304 g/mol. The Hall–Kier alpha value is -1.40. The van der Waals surface area contributed by atoms with Gasteiger partial charge in [0.2, 0.25) is 5.91 Å². The summed E-state index contributed by atoms with van der Waals surface area (Å²) < 4.78 is 7.22.